The van der Waals surface area contributed by atoms with Crippen molar-refractivity contribution in [3.8, 4) is 0 Å². The largest absolute Gasteiger partial charge is 0.394 e. The van der Waals surface area contributed by atoms with Crippen LogP contribution in [0.4, 0.5) is 0 Å². The lowest BCUT2D eigenvalue weighted by molar-refractivity contribution is -0.146. The van der Waals surface area contributed by atoms with Crippen LogP contribution in [0.5, 0.6) is 0 Å². The number of carbonyl (C=O) groups is 2. The van der Waals surface area contributed by atoms with Gasteiger partial charge in [-0.05, 0) is 42.4 Å². The van der Waals surface area contributed by atoms with Crippen molar-refractivity contribution in [2.24, 2.45) is 28.6 Å². The number of hydrogen-bond donors (Lipinski definition) is 1. The van der Waals surface area contributed by atoms with Gasteiger partial charge in [0.25, 0.3) is 0 Å². The fraction of sp³-hybridized carbons (Fsp3) is 0.889. The fourth-order valence-electron chi connectivity index (χ4n) is 4.83. The standard InChI is InChI=1S/C18H31NO3/c1-11(21)15(17(2,3)4)16(22)19-9-12-7-18(5,6)8-13(12)14(19)10-20/h12-15,20H,7-10H2,1-6H3/t12-,13-,14+,15+/m0/s1. The molecule has 0 aromatic heterocycles. The smallest absolute Gasteiger partial charge is 0.234 e. The first-order chi connectivity index (χ1) is 9.98. The lowest BCUT2D eigenvalue weighted by Crippen LogP contribution is -2.49. The van der Waals surface area contributed by atoms with E-state index in [-0.39, 0.29) is 29.8 Å². The van der Waals surface area contributed by atoms with Crippen molar-refractivity contribution in [3.05, 3.63) is 0 Å². The second-order valence-electron chi connectivity index (χ2n) is 9.15. The minimum atomic E-state index is -0.617. The Balaban J connectivity index is 2.23. The Kier molecular flexibility index (Phi) is 4.46. The number of aliphatic hydroxyl groups is 1. The minimum absolute atomic E-state index is 0.00223. The number of fused-ring (bicyclic) bond motifs is 1. The van der Waals surface area contributed by atoms with Crippen LogP contribution >= 0.6 is 0 Å². The van der Waals surface area contributed by atoms with Gasteiger partial charge in [0.1, 0.15) is 11.7 Å². The van der Waals surface area contributed by atoms with Crippen molar-refractivity contribution >= 4 is 11.7 Å². The van der Waals surface area contributed by atoms with E-state index in [1.807, 2.05) is 25.7 Å². The quantitative estimate of drug-likeness (QED) is 0.815. The van der Waals surface area contributed by atoms with Crippen molar-refractivity contribution in [2.75, 3.05) is 13.2 Å². The molecule has 0 aromatic carbocycles. The molecule has 0 spiro atoms. The highest BCUT2D eigenvalue weighted by Crippen LogP contribution is 2.51. The number of carbonyl (C=O) groups excluding carboxylic acids is 2. The Hall–Kier alpha value is -0.900. The average molecular weight is 309 g/mol. The topological polar surface area (TPSA) is 57.6 Å². The molecule has 1 saturated heterocycles. The van der Waals surface area contributed by atoms with Crippen LogP contribution in [0.1, 0.15) is 54.4 Å². The lowest BCUT2D eigenvalue weighted by Gasteiger charge is -2.35. The van der Waals surface area contributed by atoms with Crippen molar-refractivity contribution in [3.63, 3.8) is 0 Å². The molecule has 2 rings (SSSR count). The zero-order chi connectivity index (χ0) is 16.9. The summed E-state index contributed by atoms with van der Waals surface area (Å²) in [4.78, 5) is 26.8. The summed E-state index contributed by atoms with van der Waals surface area (Å²) in [5.41, 5.74) is -0.0954. The Bertz CT molecular complexity index is 463. The van der Waals surface area contributed by atoms with Crippen LogP contribution in [0, 0.1) is 28.6 Å². The SMILES string of the molecule is CC(=O)[C@H](C(=O)N1C[C@@H]2CC(C)(C)C[C@@H]2[C@H]1CO)C(C)(C)C. The summed E-state index contributed by atoms with van der Waals surface area (Å²) in [6.45, 7) is 12.5. The van der Waals surface area contributed by atoms with Crippen molar-refractivity contribution < 1.29 is 14.7 Å². The van der Waals surface area contributed by atoms with Crippen molar-refractivity contribution in [1.82, 2.24) is 4.90 Å². The van der Waals surface area contributed by atoms with Gasteiger partial charge in [-0.3, -0.25) is 9.59 Å². The first-order valence-corrected chi connectivity index (χ1v) is 8.40. The summed E-state index contributed by atoms with van der Waals surface area (Å²) >= 11 is 0. The van der Waals surface area contributed by atoms with Crippen LogP contribution in [0.2, 0.25) is 0 Å². The maximum Gasteiger partial charge on any atom is 0.234 e. The van der Waals surface area contributed by atoms with Gasteiger partial charge < -0.3 is 10.0 Å². The fourth-order valence-corrected chi connectivity index (χ4v) is 4.83. The van der Waals surface area contributed by atoms with E-state index in [0.29, 0.717) is 23.8 Å². The number of nitrogens with zero attached hydrogens (tertiary/aromatic N) is 1. The summed E-state index contributed by atoms with van der Waals surface area (Å²) in [7, 11) is 0. The second kappa shape index (κ2) is 5.63. The molecule has 4 nitrogen and oxygen atoms in total. The van der Waals surface area contributed by atoms with Crippen molar-refractivity contribution in [1.29, 1.82) is 0 Å². The molecule has 22 heavy (non-hydrogen) atoms. The number of Topliss-reactive ketones (excluding diaryl/α,β-unsaturated/α-hetero) is 1. The molecule has 1 amide bonds. The number of hydrogen-bond acceptors (Lipinski definition) is 3. The van der Waals surface area contributed by atoms with Gasteiger partial charge in [-0.15, -0.1) is 0 Å². The number of likely N-dealkylation sites (tertiary alicyclic amines) is 1. The average Bonchev–Trinajstić information content (AvgIpc) is 2.77. The molecule has 4 heteroatoms. The van der Waals surface area contributed by atoms with E-state index in [0.717, 1.165) is 12.8 Å². The molecular formula is C18H31NO3. The molecule has 0 radical (unpaired) electrons. The molecule has 0 bridgehead atoms. The molecular weight excluding hydrogens is 278 g/mol. The maximum absolute atomic E-state index is 13.0. The molecule has 2 fully saturated rings. The molecule has 1 heterocycles. The molecule has 1 N–H and O–H groups in total. The van der Waals surface area contributed by atoms with E-state index >= 15 is 0 Å². The van der Waals surface area contributed by atoms with E-state index in [4.69, 9.17) is 0 Å². The number of aliphatic hydroxyl groups excluding tert-OH is 1. The molecule has 0 unspecified atom stereocenters. The lowest BCUT2D eigenvalue weighted by atomic mass is 9.77. The van der Waals surface area contributed by atoms with E-state index in [1.165, 1.54) is 6.92 Å². The second-order valence-corrected chi connectivity index (χ2v) is 9.15. The van der Waals surface area contributed by atoms with Crippen LogP contribution in [0.3, 0.4) is 0 Å². The van der Waals surface area contributed by atoms with Gasteiger partial charge in [0, 0.05) is 6.54 Å². The van der Waals surface area contributed by atoms with Crippen LogP contribution in [0.15, 0.2) is 0 Å². The third-order valence-corrected chi connectivity index (χ3v) is 5.52. The highest BCUT2D eigenvalue weighted by atomic mass is 16.3. The third kappa shape index (κ3) is 3.08. The van der Waals surface area contributed by atoms with Gasteiger partial charge in [-0.2, -0.15) is 0 Å². The summed E-state index contributed by atoms with van der Waals surface area (Å²) < 4.78 is 0. The highest BCUT2D eigenvalue weighted by molar-refractivity contribution is 6.01. The Morgan fingerprint density at radius 1 is 1.27 bits per heavy atom. The Morgan fingerprint density at radius 3 is 2.32 bits per heavy atom. The van der Waals surface area contributed by atoms with Crippen LogP contribution in [0.25, 0.3) is 0 Å². The maximum atomic E-state index is 13.0. The summed E-state index contributed by atoms with van der Waals surface area (Å²) in [5.74, 6) is 0.0476. The van der Waals surface area contributed by atoms with E-state index in [2.05, 4.69) is 13.8 Å². The molecule has 1 aliphatic heterocycles. The van der Waals surface area contributed by atoms with Gasteiger partial charge in [-0.25, -0.2) is 0 Å². The number of amides is 1. The van der Waals surface area contributed by atoms with Gasteiger partial charge >= 0.3 is 0 Å². The van der Waals surface area contributed by atoms with Gasteiger partial charge in [0.2, 0.25) is 5.91 Å². The zero-order valence-corrected chi connectivity index (χ0v) is 14.8. The van der Waals surface area contributed by atoms with Gasteiger partial charge in [0.15, 0.2) is 0 Å². The molecule has 1 aliphatic carbocycles. The summed E-state index contributed by atoms with van der Waals surface area (Å²) in [6.07, 6.45) is 2.14. The first kappa shape index (κ1) is 17.5. The summed E-state index contributed by atoms with van der Waals surface area (Å²) in [5, 5.41) is 9.85. The number of rotatable bonds is 3. The van der Waals surface area contributed by atoms with Gasteiger partial charge in [-0.1, -0.05) is 34.6 Å². The Labute approximate surface area is 134 Å². The van der Waals surface area contributed by atoms with E-state index < -0.39 is 5.92 Å². The van der Waals surface area contributed by atoms with Gasteiger partial charge in [0.05, 0.1) is 12.6 Å². The predicted molar refractivity (Wildman–Crippen MR) is 86.2 cm³/mol. The number of ketones is 1. The van der Waals surface area contributed by atoms with E-state index in [1.54, 1.807) is 0 Å². The molecule has 0 aromatic rings. The minimum Gasteiger partial charge on any atom is -0.394 e. The monoisotopic (exact) mass is 309 g/mol. The first-order valence-electron chi connectivity index (χ1n) is 8.40. The van der Waals surface area contributed by atoms with E-state index in [9.17, 15) is 14.7 Å². The van der Waals surface area contributed by atoms with Crippen LogP contribution < -0.4 is 0 Å². The molecule has 2 aliphatic rings. The molecule has 126 valence electrons. The zero-order valence-electron chi connectivity index (χ0n) is 14.8. The normalized spacial score (nSPS) is 32.0. The Morgan fingerprint density at radius 2 is 1.86 bits per heavy atom. The molecule has 1 saturated carbocycles. The van der Waals surface area contributed by atoms with Crippen LogP contribution in [-0.4, -0.2) is 40.9 Å². The van der Waals surface area contributed by atoms with Crippen LogP contribution in [-0.2, 0) is 9.59 Å². The summed E-state index contributed by atoms with van der Waals surface area (Å²) in [6, 6.07) is -0.122. The highest BCUT2D eigenvalue weighted by Gasteiger charge is 2.52. The predicted octanol–water partition coefficient (Wildman–Crippen LogP) is 2.49. The third-order valence-electron chi connectivity index (χ3n) is 5.52. The van der Waals surface area contributed by atoms with Crippen molar-refractivity contribution in [2.45, 2.75) is 60.4 Å². The molecule has 4 atom stereocenters.